The van der Waals surface area contributed by atoms with Gasteiger partial charge in [0.15, 0.2) is 20.4 Å². The van der Waals surface area contributed by atoms with Crippen LogP contribution in [0.3, 0.4) is 0 Å². The van der Waals surface area contributed by atoms with Gasteiger partial charge in [0, 0.05) is 31.5 Å². The minimum absolute atomic E-state index is 0.00516. The number of aliphatic hydroxyl groups is 1. The van der Waals surface area contributed by atoms with Crippen molar-refractivity contribution in [1.29, 1.82) is 0 Å². The fourth-order valence-electron chi connectivity index (χ4n) is 5.52. The Morgan fingerprint density at radius 1 is 1.07 bits per heavy atom. The van der Waals surface area contributed by atoms with Crippen molar-refractivity contribution in [2.45, 2.75) is 116 Å². The summed E-state index contributed by atoms with van der Waals surface area (Å²) in [6, 6.07) is 0. The molecule has 8 atom stereocenters. The van der Waals surface area contributed by atoms with E-state index in [1.54, 1.807) is 7.11 Å². The lowest BCUT2D eigenvalue weighted by atomic mass is 9.82. The van der Waals surface area contributed by atoms with Gasteiger partial charge < -0.3 is 23.7 Å². The van der Waals surface area contributed by atoms with Crippen LogP contribution in [-0.4, -0.2) is 50.4 Å². The van der Waals surface area contributed by atoms with E-state index < -0.39 is 20.4 Å². The summed E-state index contributed by atoms with van der Waals surface area (Å²) < 4.78 is 25.8. The Morgan fingerprint density at radius 3 is 2.21 bits per heavy atom. The molecular weight excluding hydrogens is 384 g/mol. The Kier molecular flexibility index (Phi) is 6.17. The maximum absolute atomic E-state index is 10.8. The fraction of sp³-hybridized carbons (Fsp3) is 1.00. The third-order valence-electron chi connectivity index (χ3n) is 7.92. The van der Waals surface area contributed by atoms with Gasteiger partial charge in [-0.15, -0.1) is 0 Å². The quantitative estimate of drug-likeness (QED) is 0.643. The second-order valence-electron chi connectivity index (χ2n) is 12.2. The highest BCUT2D eigenvalue weighted by molar-refractivity contribution is 6.74. The van der Waals surface area contributed by atoms with Gasteiger partial charge >= 0.3 is 0 Å². The molecular formula is C23H44O5Si. The summed E-state index contributed by atoms with van der Waals surface area (Å²) in [5.41, 5.74) is -0.274. The van der Waals surface area contributed by atoms with Gasteiger partial charge in [0.05, 0.1) is 11.7 Å². The molecule has 0 radical (unpaired) electrons. The van der Waals surface area contributed by atoms with Gasteiger partial charge in [-0.1, -0.05) is 27.7 Å². The molecule has 0 aromatic rings. The molecule has 1 saturated heterocycles. The van der Waals surface area contributed by atoms with Gasteiger partial charge in [0.1, 0.15) is 0 Å². The van der Waals surface area contributed by atoms with Gasteiger partial charge in [0.2, 0.25) is 0 Å². The molecule has 1 aliphatic heterocycles. The standard InChI is InChI=1S/C23H44O5Si/c1-14-13-23(25-8)18-15(12-17(14)28-29(9,10)22(5,6)7)11-16(20(24)27-23)19(18)26-21(2,3)4/h14-20,24H,11-13H2,1-10H3/t14-,15-,16-,17-,18+,19+,20-,23+/m0/s1. The maximum Gasteiger partial charge on any atom is 0.192 e. The van der Waals surface area contributed by atoms with E-state index in [0.717, 1.165) is 19.3 Å². The average Bonchev–Trinajstić information content (AvgIpc) is 2.76. The third kappa shape index (κ3) is 4.35. The van der Waals surface area contributed by atoms with Crippen molar-refractivity contribution in [3.63, 3.8) is 0 Å². The summed E-state index contributed by atoms with van der Waals surface area (Å²) in [6.45, 7) is 20.1. The van der Waals surface area contributed by atoms with Crippen molar-refractivity contribution >= 4 is 8.32 Å². The molecule has 0 amide bonds. The van der Waals surface area contributed by atoms with E-state index in [0.29, 0.717) is 5.92 Å². The van der Waals surface area contributed by atoms with Crippen molar-refractivity contribution in [2.75, 3.05) is 7.11 Å². The molecule has 2 saturated carbocycles. The van der Waals surface area contributed by atoms with E-state index in [9.17, 15) is 5.11 Å². The topological polar surface area (TPSA) is 57.2 Å². The van der Waals surface area contributed by atoms with Gasteiger partial charge in [-0.3, -0.25) is 0 Å². The van der Waals surface area contributed by atoms with Crippen LogP contribution in [0.5, 0.6) is 0 Å². The second kappa shape index (κ2) is 7.56. The van der Waals surface area contributed by atoms with Crippen LogP contribution in [0.4, 0.5) is 0 Å². The Labute approximate surface area is 179 Å². The average molecular weight is 429 g/mol. The molecule has 2 bridgehead atoms. The van der Waals surface area contributed by atoms with Gasteiger partial charge in [-0.25, -0.2) is 0 Å². The molecule has 29 heavy (non-hydrogen) atoms. The Bertz CT molecular complexity index is 595. The molecule has 3 rings (SSSR count). The molecule has 1 N–H and O–H groups in total. The van der Waals surface area contributed by atoms with Crippen LogP contribution in [0.15, 0.2) is 0 Å². The third-order valence-corrected chi connectivity index (χ3v) is 12.4. The number of hydrogen-bond acceptors (Lipinski definition) is 5. The van der Waals surface area contributed by atoms with E-state index >= 15 is 0 Å². The van der Waals surface area contributed by atoms with Crippen molar-refractivity contribution < 1.29 is 23.7 Å². The normalized spacial score (nSPS) is 43.3. The largest absolute Gasteiger partial charge is 0.414 e. The second-order valence-corrected chi connectivity index (χ2v) is 17.0. The highest BCUT2D eigenvalue weighted by Gasteiger charge is 2.65. The van der Waals surface area contributed by atoms with Crippen LogP contribution in [0.1, 0.15) is 67.7 Å². The highest BCUT2D eigenvalue weighted by atomic mass is 28.4. The molecule has 1 heterocycles. The number of hydrogen-bond donors (Lipinski definition) is 1. The number of rotatable bonds is 4. The van der Waals surface area contributed by atoms with Crippen molar-refractivity contribution in [1.82, 2.24) is 0 Å². The highest BCUT2D eigenvalue weighted by Crippen LogP contribution is 2.58. The molecule has 6 heteroatoms. The zero-order valence-electron chi connectivity index (χ0n) is 20.2. The summed E-state index contributed by atoms with van der Waals surface area (Å²) in [7, 11) is -0.166. The van der Waals surface area contributed by atoms with Gasteiger partial charge in [-0.2, -0.15) is 0 Å². The van der Waals surface area contributed by atoms with E-state index in [1.165, 1.54) is 0 Å². The number of fused-ring (bicyclic) bond motifs is 1. The molecule has 0 spiro atoms. The minimum Gasteiger partial charge on any atom is -0.414 e. The van der Waals surface area contributed by atoms with E-state index in [1.807, 2.05) is 0 Å². The van der Waals surface area contributed by atoms with Crippen molar-refractivity contribution in [3.05, 3.63) is 0 Å². The number of ether oxygens (including phenoxy) is 3. The first-order valence-corrected chi connectivity index (χ1v) is 14.3. The predicted molar refractivity (Wildman–Crippen MR) is 117 cm³/mol. The first kappa shape index (κ1) is 23.7. The first-order valence-electron chi connectivity index (χ1n) is 11.4. The summed E-state index contributed by atoms with van der Waals surface area (Å²) in [6.07, 6.45) is 1.91. The van der Waals surface area contributed by atoms with E-state index in [2.05, 4.69) is 61.6 Å². The maximum atomic E-state index is 10.8. The predicted octanol–water partition coefficient (Wildman–Crippen LogP) is 4.93. The van der Waals surface area contributed by atoms with Crippen LogP contribution in [-0.2, 0) is 18.6 Å². The zero-order chi connectivity index (χ0) is 22.0. The molecule has 170 valence electrons. The van der Waals surface area contributed by atoms with E-state index in [-0.39, 0.29) is 40.6 Å². The lowest BCUT2D eigenvalue weighted by Crippen LogP contribution is -2.58. The lowest BCUT2D eigenvalue weighted by Gasteiger charge is -2.49. The summed E-state index contributed by atoms with van der Waals surface area (Å²) in [4.78, 5) is 0. The lowest BCUT2D eigenvalue weighted by molar-refractivity contribution is -0.372. The van der Waals surface area contributed by atoms with Crippen molar-refractivity contribution in [2.24, 2.45) is 23.7 Å². The summed E-state index contributed by atoms with van der Waals surface area (Å²) in [5, 5.41) is 11.0. The van der Waals surface area contributed by atoms with E-state index in [4.69, 9.17) is 18.6 Å². The molecule has 3 aliphatic rings. The van der Waals surface area contributed by atoms with Gasteiger partial charge in [0.25, 0.3) is 0 Å². The van der Waals surface area contributed by atoms with Gasteiger partial charge in [-0.05, 0) is 63.6 Å². The Hall–Kier alpha value is 0.0169. The zero-order valence-corrected chi connectivity index (χ0v) is 21.2. The number of methoxy groups -OCH3 is 1. The summed E-state index contributed by atoms with van der Waals surface area (Å²) >= 11 is 0. The molecule has 3 fully saturated rings. The SMILES string of the molecule is CO[C@@]12C[C@H](C)[C@@H](O[Si](C)(C)C(C)(C)C)C[C@@H]3C[C@@H]([C@@H](OC(C)(C)C)[C@@H]31)[C@@H](O)O2. The van der Waals surface area contributed by atoms with Crippen LogP contribution in [0.25, 0.3) is 0 Å². The van der Waals surface area contributed by atoms with Crippen LogP contribution in [0.2, 0.25) is 18.1 Å². The van der Waals surface area contributed by atoms with Crippen LogP contribution in [0, 0.1) is 23.7 Å². The molecule has 0 unspecified atom stereocenters. The smallest absolute Gasteiger partial charge is 0.192 e. The van der Waals surface area contributed by atoms with Crippen LogP contribution < -0.4 is 0 Å². The minimum atomic E-state index is -1.89. The summed E-state index contributed by atoms with van der Waals surface area (Å²) in [5.74, 6) is -0.0410. The molecule has 0 aromatic heterocycles. The Morgan fingerprint density at radius 2 is 1.69 bits per heavy atom. The Balaban J connectivity index is 1.94. The van der Waals surface area contributed by atoms with Crippen LogP contribution >= 0.6 is 0 Å². The molecule has 5 nitrogen and oxygen atoms in total. The van der Waals surface area contributed by atoms with Crippen molar-refractivity contribution in [3.8, 4) is 0 Å². The number of aliphatic hydroxyl groups excluding tert-OH is 1. The first-order chi connectivity index (χ1) is 13.1. The monoisotopic (exact) mass is 428 g/mol. The molecule has 2 aliphatic carbocycles. The molecule has 0 aromatic carbocycles. The fourth-order valence-corrected chi connectivity index (χ4v) is 6.96.